The fourth-order valence-electron chi connectivity index (χ4n) is 3.13. The lowest BCUT2D eigenvalue weighted by Crippen LogP contribution is -2.06. The minimum absolute atomic E-state index is 0.200. The Morgan fingerprint density at radius 1 is 1.14 bits per heavy atom. The number of rotatable bonds is 7. The van der Waals surface area contributed by atoms with E-state index >= 15 is 0 Å². The molecule has 0 aliphatic carbocycles. The maximum atomic E-state index is 13.4. The van der Waals surface area contributed by atoms with E-state index in [1.54, 1.807) is 30.0 Å². The highest BCUT2D eigenvalue weighted by molar-refractivity contribution is 5.60. The topological polar surface area (TPSA) is 78.9 Å². The lowest BCUT2D eigenvalue weighted by Gasteiger charge is -2.09. The van der Waals surface area contributed by atoms with Crippen molar-refractivity contribution in [2.45, 2.75) is 26.6 Å². The number of methoxy groups -OCH3 is 1. The summed E-state index contributed by atoms with van der Waals surface area (Å²) in [5.41, 5.74) is 4.16. The van der Waals surface area contributed by atoms with Crippen molar-refractivity contribution < 1.29 is 13.7 Å². The molecule has 148 valence electrons. The Balaban J connectivity index is 1.76. The number of nitrogens with zero attached hydrogens (tertiary/aromatic N) is 5. The number of hydrogen-bond acceptors (Lipinski definition) is 6. The van der Waals surface area contributed by atoms with Gasteiger partial charge in [-0.15, -0.1) is 5.10 Å². The van der Waals surface area contributed by atoms with E-state index in [9.17, 15) is 4.39 Å². The molecule has 0 amide bonds. The molecular weight excluding hydrogens is 373 g/mol. The van der Waals surface area contributed by atoms with Crippen LogP contribution >= 0.6 is 0 Å². The third-order valence-corrected chi connectivity index (χ3v) is 4.63. The van der Waals surface area contributed by atoms with Crippen LogP contribution in [0.15, 0.2) is 53.1 Å². The lowest BCUT2D eigenvalue weighted by molar-refractivity contribution is 0.179. The van der Waals surface area contributed by atoms with Crippen LogP contribution in [-0.4, -0.2) is 32.2 Å². The Morgan fingerprint density at radius 2 is 2.00 bits per heavy atom. The molecule has 29 heavy (non-hydrogen) atoms. The first-order valence-electron chi connectivity index (χ1n) is 9.26. The highest BCUT2D eigenvalue weighted by Gasteiger charge is 2.22. The number of hydrogen-bond donors (Lipinski definition) is 0. The molecule has 2 aromatic heterocycles. The second-order valence-electron chi connectivity index (χ2n) is 6.47. The predicted octanol–water partition coefficient (Wildman–Crippen LogP) is 4.16. The molecule has 0 unspecified atom stereocenters. The molecule has 0 saturated carbocycles. The molecule has 0 radical (unpaired) electrons. The maximum absolute atomic E-state index is 13.4. The van der Waals surface area contributed by atoms with E-state index in [-0.39, 0.29) is 12.5 Å². The fourth-order valence-corrected chi connectivity index (χ4v) is 3.13. The molecule has 0 atom stereocenters. The van der Waals surface area contributed by atoms with Gasteiger partial charge in [-0.3, -0.25) is 0 Å². The van der Waals surface area contributed by atoms with Crippen molar-refractivity contribution in [3.63, 3.8) is 0 Å². The quantitative estimate of drug-likeness (QED) is 0.469. The third-order valence-electron chi connectivity index (χ3n) is 4.63. The summed E-state index contributed by atoms with van der Waals surface area (Å²) in [6.07, 6.45) is 0.916. The van der Waals surface area contributed by atoms with Gasteiger partial charge < -0.3 is 9.26 Å². The van der Waals surface area contributed by atoms with Gasteiger partial charge in [0.05, 0.1) is 12.3 Å². The van der Waals surface area contributed by atoms with Gasteiger partial charge in [0.15, 0.2) is 5.69 Å². The first-order valence-corrected chi connectivity index (χ1v) is 9.26. The minimum atomic E-state index is -0.615. The summed E-state index contributed by atoms with van der Waals surface area (Å²) in [6.45, 7) is 1.67. The average Bonchev–Trinajstić information content (AvgIpc) is 3.41. The maximum Gasteiger partial charge on any atom is 0.280 e. The van der Waals surface area contributed by atoms with Crippen molar-refractivity contribution in [2.75, 3.05) is 7.11 Å². The Kier molecular flexibility index (Phi) is 5.44. The summed E-state index contributed by atoms with van der Waals surface area (Å²) in [6, 6.07) is 15.1. The number of halogens is 1. The SMILES string of the molecule is CCc1cccc(-c2noc(-c3nnn(-c4ccccc4CF)c3COC)n2)c1. The molecule has 0 aliphatic rings. The third kappa shape index (κ3) is 3.66. The summed E-state index contributed by atoms with van der Waals surface area (Å²) in [5, 5.41) is 12.5. The van der Waals surface area contributed by atoms with E-state index in [2.05, 4.69) is 33.4 Å². The second kappa shape index (κ2) is 8.32. The van der Waals surface area contributed by atoms with Gasteiger partial charge in [-0.1, -0.05) is 53.7 Å². The van der Waals surface area contributed by atoms with Crippen LogP contribution in [0.1, 0.15) is 23.7 Å². The summed E-state index contributed by atoms with van der Waals surface area (Å²) in [5.74, 6) is 0.704. The molecule has 0 aliphatic heterocycles. The van der Waals surface area contributed by atoms with Crippen LogP contribution in [0.3, 0.4) is 0 Å². The van der Waals surface area contributed by atoms with Gasteiger partial charge in [0.1, 0.15) is 12.4 Å². The minimum Gasteiger partial charge on any atom is -0.378 e. The van der Waals surface area contributed by atoms with Gasteiger partial charge in [0, 0.05) is 18.2 Å². The standard InChI is InChI=1S/C21H20FN5O2/c1-3-14-7-6-9-15(11-14)20-23-21(29-25-20)19-18(13-28-2)27(26-24-19)17-10-5-4-8-16(17)12-22/h4-11H,3,12-13H2,1-2H3. The number of benzene rings is 2. The molecule has 8 heteroatoms. The van der Waals surface area contributed by atoms with Gasteiger partial charge >= 0.3 is 0 Å². The Hall–Kier alpha value is -3.39. The molecule has 0 spiro atoms. The Labute approximate surface area is 167 Å². The fraction of sp³-hybridized carbons (Fsp3) is 0.238. The van der Waals surface area contributed by atoms with Crippen molar-refractivity contribution in [2.24, 2.45) is 0 Å². The van der Waals surface area contributed by atoms with Crippen molar-refractivity contribution in [1.29, 1.82) is 0 Å². The Morgan fingerprint density at radius 3 is 2.79 bits per heavy atom. The van der Waals surface area contributed by atoms with E-state index < -0.39 is 6.67 Å². The zero-order valence-corrected chi connectivity index (χ0v) is 16.2. The van der Waals surface area contributed by atoms with Crippen LogP contribution in [0.2, 0.25) is 0 Å². The first kappa shape index (κ1) is 18.9. The zero-order chi connectivity index (χ0) is 20.2. The molecule has 4 aromatic rings. The summed E-state index contributed by atoms with van der Waals surface area (Å²) >= 11 is 0. The van der Waals surface area contributed by atoms with Crippen LogP contribution < -0.4 is 0 Å². The second-order valence-corrected chi connectivity index (χ2v) is 6.47. The van der Waals surface area contributed by atoms with Gasteiger partial charge in [-0.25, -0.2) is 9.07 Å². The van der Waals surface area contributed by atoms with Gasteiger partial charge in [-0.2, -0.15) is 4.98 Å². The summed E-state index contributed by atoms with van der Waals surface area (Å²) in [4.78, 5) is 4.50. The predicted molar refractivity (Wildman–Crippen MR) is 105 cm³/mol. The Bertz CT molecular complexity index is 1120. The molecule has 2 aromatic carbocycles. The molecule has 0 fully saturated rings. The van der Waals surface area contributed by atoms with Crippen LogP contribution in [-0.2, 0) is 24.4 Å². The van der Waals surface area contributed by atoms with Crippen molar-refractivity contribution >= 4 is 0 Å². The molecular formula is C21H20FN5O2. The van der Waals surface area contributed by atoms with Crippen LogP contribution in [0.5, 0.6) is 0 Å². The largest absolute Gasteiger partial charge is 0.378 e. The number of para-hydroxylation sites is 1. The molecule has 4 rings (SSSR count). The molecule has 2 heterocycles. The lowest BCUT2D eigenvalue weighted by atomic mass is 10.1. The van der Waals surface area contributed by atoms with Gasteiger partial charge in [-0.05, 0) is 24.1 Å². The number of aromatic nitrogens is 5. The molecule has 0 bridgehead atoms. The van der Waals surface area contributed by atoms with E-state index in [0.29, 0.717) is 28.5 Å². The number of ether oxygens (including phenoxy) is 1. The van der Waals surface area contributed by atoms with Crippen LogP contribution in [0.4, 0.5) is 4.39 Å². The van der Waals surface area contributed by atoms with E-state index in [1.165, 1.54) is 5.56 Å². The molecule has 7 nitrogen and oxygen atoms in total. The number of alkyl halides is 1. The van der Waals surface area contributed by atoms with Crippen molar-refractivity contribution in [3.05, 3.63) is 65.4 Å². The average molecular weight is 393 g/mol. The van der Waals surface area contributed by atoms with E-state index in [4.69, 9.17) is 9.26 Å². The van der Waals surface area contributed by atoms with E-state index in [0.717, 1.165) is 12.0 Å². The van der Waals surface area contributed by atoms with Gasteiger partial charge in [0.2, 0.25) is 5.82 Å². The normalized spacial score (nSPS) is 11.1. The summed E-state index contributed by atoms with van der Waals surface area (Å²) in [7, 11) is 1.57. The van der Waals surface area contributed by atoms with E-state index in [1.807, 2.05) is 24.3 Å². The van der Waals surface area contributed by atoms with Crippen molar-refractivity contribution in [3.8, 4) is 28.7 Å². The van der Waals surface area contributed by atoms with Crippen LogP contribution in [0.25, 0.3) is 28.7 Å². The smallest absolute Gasteiger partial charge is 0.280 e. The zero-order valence-electron chi connectivity index (χ0n) is 16.2. The van der Waals surface area contributed by atoms with Gasteiger partial charge in [0.25, 0.3) is 5.89 Å². The molecule has 0 saturated heterocycles. The first-order chi connectivity index (χ1) is 14.2. The highest BCUT2D eigenvalue weighted by Crippen LogP contribution is 2.27. The summed E-state index contributed by atoms with van der Waals surface area (Å²) < 4.78 is 25.8. The van der Waals surface area contributed by atoms with Crippen molar-refractivity contribution in [1.82, 2.24) is 25.1 Å². The molecule has 0 N–H and O–H groups in total. The monoisotopic (exact) mass is 393 g/mol. The highest BCUT2D eigenvalue weighted by atomic mass is 19.1. The van der Waals surface area contributed by atoms with Crippen LogP contribution in [0, 0.1) is 0 Å². The number of aryl methyl sites for hydroxylation is 1.